The Morgan fingerprint density at radius 2 is 1.70 bits per heavy atom. The van der Waals surface area contributed by atoms with Gasteiger partial charge in [0.2, 0.25) is 5.91 Å². The summed E-state index contributed by atoms with van der Waals surface area (Å²) in [5, 5.41) is 2.79. The summed E-state index contributed by atoms with van der Waals surface area (Å²) in [5.41, 5.74) is 1.37. The van der Waals surface area contributed by atoms with Gasteiger partial charge in [0.1, 0.15) is 5.70 Å². The van der Waals surface area contributed by atoms with Crippen molar-refractivity contribution in [3.05, 3.63) is 41.6 Å². The molecule has 23 heavy (non-hydrogen) atoms. The van der Waals surface area contributed by atoms with Gasteiger partial charge in [-0.15, -0.1) is 0 Å². The molecular weight excluding hydrogens is 300 g/mol. The van der Waals surface area contributed by atoms with Crippen molar-refractivity contribution in [3.63, 3.8) is 0 Å². The maximum atomic E-state index is 11.6. The number of esters is 2. The number of amides is 1. The molecule has 7 heteroatoms. The lowest BCUT2D eigenvalue weighted by molar-refractivity contribution is -0.138. The van der Waals surface area contributed by atoms with Gasteiger partial charge in [0.25, 0.3) is 0 Å². The second-order valence-corrected chi connectivity index (χ2v) is 4.86. The van der Waals surface area contributed by atoms with Crippen molar-refractivity contribution in [2.75, 3.05) is 33.6 Å². The summed E-state index contributed by atoms with van der Waals surface area (Å²) >= 11 is 0. The lowest BCUT2D eigenvalue weighted by atomic mass is 10.1. The second kappa shape index (κ2) is 8.57. The summed E-state index contributed by atoms with van der Waals surface area (Å²) in [6.45, 7) is 0. The van der Waals surface area contributed by atoms with Crippen molar-refractivity contribution in [2.24, 2.45) is 0 Å². The monoisotopic (exact) mass is 320 g/mol. The number of likely N-dealkylation sites (N-methyl/N-ethyl adjacent to an activating group) is 1. The number of hydrogen-bond donors (Lipinski definition) is 1. The predicted octanol–water partition coefficient (Wildman–Crippen LogP) is 0.959. The topological polar surface area (TPSA) is 84.9 Å². The number of methoxy groups -OCH3 is 2. The van der Waals surface area contributed by atoms with Crippen molar-refractivity contribution in [1.82, 2.24) is 4.90 Å². The van der Waals surface area contributed by atoms with E-state index in [9.17, 15) is 14.4 Å². The van der Waals surface area contributed by atoms with Gasteiger partial charge in [0.15, 0.2) is 0 Å². The SMILES string of the molecule is COC(=O)/C=C(/Nc1ccc(CC(=O)N(C)C)cc1)C(=O)OC. The molecule has 0 atom stereocenters. The minimum atomic E-state index is -0.692. The van der Waals surface area contributed by atoms with Gasteiger partial charge in [-0.2, -0.15) is 0 Å². The number of nitrogens with zero attached hydrogens (tertiary/aromatic N) is 1. The molecule has 124 valence electrons. The van der Waals surface area contributed by atoms with Gasteiger partial charge < -0.3 is 19.7 Å². The largest absolute Gasteiger partial charge is 0.466 e. The molecule has 0 spiro atoms. The number of ether oxygens (including phenoxy) is 2. The van der Waals surface area contributed by atoms with Crippen molar-refractivity contribution in [3.8, 4) is 0 Å². The summed E-state index contributed by atoms with van der Waals surface area (Å²) in [6, 6.07) is 6.92. The fourth-order valence-electron chi connectivity index (χ4n) is 1.63. The summed E-state index contributed by atoms with van der Waals surface area (Å²) in [6.07, 6.45) is 1.30. The van der Waals surface area contributed by atoms with Gasteiger partial charge in [0, 0.05) is 19.8 Å². The molecule has 1 aromatic carbocycles. The Morgan fingerprint density at radius 1 is 1.09 bits per heavy atom. The first-order chi connectivity index (χ1) is 10.9. The fraction of sp³-hybridized carbons (Fsp3) is 0.312. The molecule has 7 nitrogen and oxygen atoms in total. The third-order valence-electron chi connectivity index (χ3n) is 2.96. The van der Waals surface area contributed by atoms with E-state index in [4.69, 9.17) is 0 Å². The first kappa shape index (κ1) is 18.2. The number of carbonyl (C=O) groups excluding carboxylic acids is 3. The van der Waals surface area contributed by atoms with Crippen LogP contribution in [0.4, 0.5) is 5.69 Å². The summed E-state index contributed by atoms with van der Waals surface area (Å²) in [4.78, 5) is 36.1. The highest BCUT2D eigenvalue weighted by Gasteiger charge is 2.13. The highest BCUT2D eigenvalue weighted by molar-refractivity contribution is 5.98. The van der Waals surface area contributed by atoms with Gasteiger partial charge in [-0.3, -0.25) is 4.79 Å². The van der Waals surface area contributed by atoms with Crippen LogP contribution in [0.5, 0.6) is 0 Å². The van der Waals surface area contributed by atoms with Crippen LogP contribution >= 0.6 is 0 Å². The molecule has 1 N–H and O–H groups in total. The Kier molecular flexibility index (Phi) is 6.79. The normalized spacial score (nSPS) is 10.7. The molecular formula is C16H20N2O5. The zero-order chi connectivity index (χ0) is 17.4. The maximum Gasteiger partial charge on any atom is 0.354 e. The van der Waals surface area contributed by atoms with E-state index in [1.807, 2.05) is 0 Å². The van der Waals surface area contributed by atoms with Gasteiger partial charge in [-0.05, 0) is 17.7 Å². The Labute approximate surface area is 134 Å². The molecule has 1 amide bonds. The third-order valence-corrected chi connectivity index (χ3v) is 2.96. The van der Waals surface area contributed by atoms with Crippen LogP contribution in [0.3, 0.4) is 0 Å². The van der Waals surface area contributed by atoms with Gasteiger partial charge in [-0.1, -0.05) is 12.1 Å². The van der Waals surface area contributed by atoms with Crippen molar-refractivity contribution >= 4 is 23.5 Å². The average molecular weight is 320 g/mol. The summed E-state index contributed by atoms with van der Waals surface area (Å²) < 4.78 is 9.10. The molecule has 1 rings (SSSR count). The summed E-state index contributed by atoms with van der Waals surface area (Å²) in [5.74, 6) is -1.38. The molecule has 0 radical (unpaired) electrons. The standard InChI is InChI=1S/C16H20N2O5/c1-18(2)14(19)9-11-5-7-12(8-6-11)17-13(16(21)23-4)10-15(20)22-3/h5-8,10,17H,9H2,1-4H3/b13-10+. The van der Waals surface area contributed by atoms with E-state index in [0.717, 1.165) is 11.6 Å². The minimum absolute atomic E-state index is 0.00783. The molecule has 0 aliphatic heterocycles. The van der Waals surface area contributed by atoms with Crippen molar-refractivity contribution in [2.45, 2.75) is 6.42 Å². The Hall–Kier alpha value is -2.83. The molecule has 1 aromatic rings. The van der Waals surface area contributed by atoms with E-state index in [-0.39, 0.29) is 18.0 Å². The number of hydrogen-bond acceptors (Lipinski definition) is 6. The van der Waals surface area contributed by atoms with Gasteiger partial charge >= 0.3 is 11.9 Å². The number of benzene rings is 1. The van der Waals surface area contributed by atoms with E-state index < -0.39 is 11.9 Å². The zero-order valence-electron chi connectivity index (χ0n) is 13.6. The van der Waals surface area contributed by atoms with Gasteiger partial charge in [-0.25, -0.2) is 9.59 Å². The molecule has 0 saturated carbocycles. The predicted molar refractivity (Wildman–Crippen MR) is 84.6 cm³/mol. The van der Waals surface area contributed by atoms with E-state index in [0.29, 0.717) is 5.69 Å². The molecule has 0 saturated heterocycles. The molecule has 0 heterocycles. The Morgan fingerprint density at radius 3 is 2.17 bits per heavy atom. The molecule has 0 aliphatic carbocycles. The van der Waals surface area contributed by atoms with Gasteiger partial charge in [0.05, 0.1) is 26.7 Å². The fourth-order valence-corrected chi connectivity index (χ4v) is 1.63. The lowest BCUT2D eigenvalue weighted by Crippen LogP contribution is -2.23. The van der Waals surface area contributed by atoms with E-state index in [2.05, 4.69) is 14.8 Å². The molecule has 0 aliphatic rings. The molecule has 0 fully saturated rings. The van der Waals surface area contributed by atoms with E-state index in [1.165, 1.54) is 19.1 Å². The van der Waals surface area contributed by atoms with Crippen LogP contribution in [0.15, 0.2) is 36.0 Å². The maximum absolute atomic E-state index is 11.6. The highest BCUT2D eigenvalue weighted by Crippen LogP contribution is 2.14. The van der Waals surface area contributed by atoms with Crippen molar-refractivity contribution < 1.29 is 23.9 Å². The highest BCUT2D eigenvalue weighted by atomic mass is 16.5. The molecule has 0 bridgehead atoms. The van der Waals surface area contributed by atoms with Crippen molar-refractivity contribution in [1.29, 1.82) is 0 Å². The first-order valence-electron chi connectivity index (χ1n) is 6.81. The first-order valence-corrected chi connectivity index (χ1v) is 6.81. The lowest BCUT2D eigenvalue weighted by Gasteiger charge is -2.11. The minimum Gasteiger partial charge on any atom is -0.466 e. The molecule has 0 aromatic heterocycles. The third kappa shape index (κ3) is 5.82. The smallest absolute Gasteiger partial charge is 0.354 e. The number of rotatable bonds is 6. The number of anilines is 1. The second-order valence-electron chi connectivity index (χ2n) is 4.86. The van der Waals surface area contributed by atoms with Crippen LogP contribution in [-0.4, -0.2) is 51.1 Å². The van der Waals surface area contributed by atoms with Crippen LogP contribution in [0, 0.1) is 0 Å². The van der Waals surface area contributed by atoms with E-state index >= 15 is 0 Å². The van der Waals surface area contributed by atoms with Crippen LogP contribution in [-0.2, 0) is 30.3 Å². The Balaban J connectivity index is 2.86. The average Bonchev–Trinajstić information content (AvgIpc) is 2.54. The van der Waals surface area contributed by atoms with Crippen LogP contribution < -0.4 is 5.32 Å². The van der Waals surface area contributed by atoms with Crippen LogP contribution in [0.2, 0.25) is 0 Å². The quantitative estimate of drug-likeness (QED) is 0.621. The Bertz CT molecular complexity index is 605. The molecule has 0 unspecified atom stereocenters. The number of nitrogens with one attached hydrogen (secondary N) is 1. The van der Waals surface area contributed by atoms with Crippen LogP contribution in [0.1, 0.15) is 5.56 Å². The van der Waals surface area contributed by atoms with Crippen LogP contribution in [0.25, 0.3) is 0 Å². The number of carbonyl (C=O) groups is 3. The van der Waals surface area contributed by atoms with E-state index in [1.54, 1.807) is 38.4 Å². The summed E-state index contributed by atoms with van der Waals surface area (Å²) in [7, 11) is 5.81. The zero-order valence-corrected chi connectivity index (χ0v) is 13.6.